The second-order valence-electron chi connectivity index (χ2n) is 7.28. The van der Waals surface area contributed by atoms with Crippen molar-refractivity contribution in [3.8, 4) is 0 Å². The van der Waals surface area contributed by atoms with Gasteiger partial charge in [-0.2, -0.15) is 13.2 Å². The number of hydrogen-bond donors (Lipinski definition) is 3. The number of alkyl halides is 3. The molecule has 5 rings (SSSR count). The smallest absolute Gasteiger partial charge is 0.360 e. The predicted octanol–water partition coefficient (Wildman–Crippen LogP) is 5.97. The Morgan fingerprint density at radius 1 is 0.970 bits per heavy atom. The summed E-state index contributed by atoms with van der Waals surface area (Å²) in [7, 11) is 0. The molecule has 3 aromatic heterocycles. The highest BCUT2D eigenvalue weighted by Gasteiger charge is 2.34. The minimum atomic E-state index is -4.54. The number of carbonyl (C=O) groups is 1. The Morgan fingerprint density at radius 3 is 2.45 bits per heavy atom. The summed E-state index contributed by atoms with van der Waals surface area (Å²) in [5.41, 5.74) is 0.919. The van der Waals surface area contributed by atoms with E-state index in [1.165, 1.54) is 22.7 Å². The van der Waals surface area contributed by atoms with Crippen LogP contribution in [-0.4, -0.2) is 20.3 Å². The molecule has 10 heteroatoms. The zero-order valence-electron chi connectivity index (χ0n) is 16.7. The predicted molar refractivity (Wildman–Crippen MR) is 116 cm³/mol. The van der Waals surface area contributed by atoms with Crippen LogP contribution in [0, 0.1) is 5.82 Å². The molecule has 6 nitrogen and oxygen atoms in total. The van der Waals surface area contributed by atoms with Gasteiger partial charge in [0.05, 0.1) is 5.56 Å². The van der Waals surface area contributed by atoms with E-state index in [1.54, 1.807) is 48.5 Å². The zero-order chi connectivity index (χ0) is 23.2. The third-order valence-electron chi connectivity index (χ3n) is 5.10. The maximum atomic E-state index is 14.1. The lowest BCUT2D eigenvalue weighted by Gasteiger charge is -2.10. The third kappa shape index (κ3) is 3.86. The summed E-state index contributed by atoms with van der Waals surface area (Å²) in [5, 5.41) is 5.96. The molecule has 0 atom stereocenters. The molecular formula is C23H15F4N5O. The second kappa shape index (κ2) is 7.66. The summed E-state index contributed by atoms with van der Waals surface area (Å²) in [6.45, 7) is 0. The van der Waals surface area contributed by atoms with E-state index in [4.69, 9.17) is 0 Å². The van der Waals surface area contributed by atoms with Crippen molar-refractivity contribution in [2.24, 2.45) is 0 Å². The van der Waals surface area contributed by atoms with E-state index in [2.05, 4.69) is 20.6 Å². The van der Waals surface area contributed by atoms with E-state index < -0.39 is 23.6 Å². The number of nitrogens with one attached hydrogen (secondary N) is 3. The minimum Gasteiger partial charge on any atom is -0.360 e. The maximum Gasteiger partial charge on any atom is 0.434 e. The topological polar surface area (TPSA) is 74.2 Å². The van der Waals surface area contributed by atoms with Crippen molar-refractivity contribution in [3.05, 3.63) is 90.1 Å². The van der Waals surface area contributed by atoms with Crippen LogP contribution >= 0.6 is 0 Å². The van der Waals surface area contributed by atoms with Gasteiger partial charge in [0.1, 0.15) is 17.3 Å². The van der Waals surface area contributed by atoms with Gasteiger partial charge in [0.15, 0.2) is 5.69 Å². The van der Waals surface area contributed by atoms with Crippen molar-refractivity contribution in [1.82, 2.24) is 14.4 Å². The maximum absolute atomic E-state index is 14.1. The van der Waals surface area contributed by atoms with Gasteiger partial charge < -0.3 is 15.6 Å². The lowest BCUT2D eigenvalue weighted by atomic mass is 10.1. The second-order valence-corrected chi connectivity index (χ2v) is 7.28. The van der Waals surface area contributed by atoms with Gasteiger partial charge in [-0.3, -0.25) is 9.20 Å². The quantitative estimate of drug-likeness (QED) is 0.294. The Balaban J connectivity index is 1.35. The van der Waals surface area contributed by atoms with Crippen LogP contribution in [-0.2, 0) is 6.18 Å². The van der Waals surface area contributed by atoms with Gasteiger partial charge >= 0.3 is 6.18 Å². The molecule has 0 radical (unpaired) electrons. The number of anilines is 3. The number of pyridine rings is 1. The number of nitrogens with zero attached hydrogens (tertiary/aromatic N) is 2. The zero-order valence-corrected chi connectivity index (χ0v) is 16.7. The number of hydrogen-bond acceptors (Lipinski definition) is 3. The Kier molecular flexibility index (Phi) is 4.77. The Labute approximate surface area is 183 Å². The lowest BCUT2D eigenvalue weighted by molar-refractivity contribution is -0.140. The average molecular weight is 453 g/mol. The molecule has 5 aromatic rings. The SMILES string of the molecule is O=C(Nc1ccc(Nc2cccc3nc(C(F)(F)F)cn23)cc1)c1c[nH]c2cccc(F)c12. The molecule has 0 aliphatic carbocycles. The highest BCUT2D eigenvalue weighted by Crippen LogP contribution is 2.30. The van der Waals surface area contributed by atoms with Crippen LogP contribution in [0.25, 0.3) is 16.6 Å². The number of H-pyrrole nitrogens is 1. The summed E-state index contributed by atoms with van der Waals surface area (Å²) in [4.78, 5) is 19.1. The normalized spacial score (nSPS) is 11.8. The fourth-order valence-corrected chi connectivity index (χ4v) is 3.55. The standard InChI is InChI=1S/C23H15F4N5O/c24-16-3-1-4-17-21(16)15(11-28-17)22(33)30-14-9-7-13(8-10-14)29-19-5-2-6-20-31-18(12-32(19)20)23(25,26)27/h1-12,28-29H,(H,30,33). The Hall–Kier alpha value is -4.34. The van der Waals surface area contributed by atoms with E-state index in [0.717, 1.165) is 6.20 Å². The molecule has 0 aliphatic rings. The largest absolute Gasteiger partial charge is 0.434 e. The molecule has 0 saturated heterocycles. The van der Waals surface area contributed by atoms with E-state index in [9.17, 15) is 22.4 Å². The number of imidazole rings is 1. The molecule has 166 valence electrons. The molecule has 0 fully saturated rings. The van der Waals surface area contributed by atoms with Gasteiger partial charge in [0.2, 0.25) is 0 Å². The molecule has 0 unspecified atom stereocenters. The first-order valence-corrected chi connectivity index (χ1v) is 9.79. The number of halogens is 4. The molecule has 0 saturated carbocycles. The fourth-order valence-electron chi connectivity index (χ4n) is 3.55. The minimum absolute atomic E-state index is 0.155. The van der Waals surface area contributed by atoms with Crippen molar-refractivity contribution < 1.29 is 22.4 Å². The molecule has 33 heavy (non-hydrogen) atoms. The van der Waals surface area contributed by atoms with Gasteiger partial charge in [0.25, 0.3) is 5.91 Å². The number of aromatic nitrogens is 3. The van der Waals surface area contributed by atoms with Crippen LogP contribution in [0.5, 0.6) is 0 Å². The van der Waals surface area contributed by atoms with Crippen molar-refractivity contribution in [3.63, 3.8) is 0 Å². The summed E-state index contributed by atoms with van der Waals surface area (Å²) in [6, 6.07) is 15.8. The van der Waals surface area contributed by atoms with Crippen LogP contribution in [0.15, 0.2) is 73.1 Å². The first-order chi connectivity index (χ1) is 15.8. The third-order valence-corrected chi connectivity index (χ3v) is 5.10. The van der Waals surface area contributed by atoms with Gasteiger partial charge in [-0.1, -0.05) is 12.1 Å². The Bertz CT molecular complexity index is 1480. The average Bonchev–Trinajstić information content (AvgIpc) is 3.41. The number of rotatable bonds is 4. The van der Waals surface area contributed by atoms with E-state index in [-0.39, 0.29) is 16.6 Å². The molecule has 0 aliphatic heterocycles. The fraction of sp³-hybridized carbons (Fsp3) is 0.0435. The van der Waals surface area contributed by atoms with Crippen LogP contribution in [0.3, 0.4) is 0 Å². The molecule has 1 amide bonds. The summed E-state index contributed by atoms with van der Waals surface area (Å²) < 4.78 is 54.4. The monoisotopic (exact) mass is 453 g/mol. The summed E-state index contributed by atoms with van der Waals surface area (Å²) in [5.74, 6) is -0.586. The van der Waals surface area contributed by atoms with Crippen molar-refractivity contribution in [2.75, 3.05) is 10.6 Å². The highest BCUT2D eigenvalue weighted by molar-refractivity contribution is 6.13. The van der Waals surface area contributed by atoms with Crippen LogP contribution in [0.1, 0.15) is 16.1 Å². The van der Waals surface area contributed by atoms with Gasteiger partial charge in [-0.25, -0.2) is 9.37 Å². The first-order valence-electron chi connectivity index (χ1n) is 9.79. The summed E-state index contributed by atoms with van der Waals surface area (Å²) in [6.07, 6.45) is -2.18. The Morgan fingerprint density at radius 2 is 1.70 bits per heavy atom. The van der Waals surface area contributed by atoms with E-state index >= 15 is 0 Å². The van der Waals surface area contributed by atoms with E-state index in [1.807, 2.05) is 0 Å². The number of fused-ring (bicyclic) bond motifs is 2. The number of carbonyl (C=O) groups excluding carboxylic acids is 1. The molecule has 3 N–H and O–H groups in total. The van der Waals surface area contributed by atoms with E-state index in [0.29, 0.717) is 22.7 Å². The molecule has 0 spiro atoms. The van der Waals surface area contributed by atoms with Crippen LogP contribution in [0.4, 0.5) is 34.8 Å². The summed E-state index contributed by atoms with van der Waals surface area (Å²) >= 11 is 0. The van der Waals surface area contributed by atoms with Crippen molar-refractivity contribution in [2.45, 2.75) is 6.18 Å². The molecule has 0 bridgehead atoms. The van der Waals surface area contributed by atoms with Crippen molar-refractivity contribution in [1.29, 1.82) is 0 Å². The van der Waals surface area contributed by atoms with Crippen LogP contribution in [0.2, 0.25) is 0 Å². The molecular weight excluding hydrogens is 438 g/mol. The molecule has 3 heterocycles. The highest BCUT2D eigenvalue weighted by atomic mass is 19.4. The lowest BCUT2D eigenvalue weighted by Crippen LogP contribution is -2.11. The number of benzene rings is 2. The number of aromatic amines is 1. The van der Waals surface area contributed by atoms with Gasteiger partial charge in [-0.05, 0) is 48.5 Å². The molecule has 2 aromatic carbocycles. The first kappa shape index (κ1) is 20.6. The van der Waals surface area contributed by atoms with Gasteiger partial charge in [-0.15, -0.1) is 0 Å². The van der Waals surface area contributed by atoms with Crippen molar-refractivity contribution >= 4 is 39.6 Å². The number of amides is 1. The van der Waals surface area contributed by atoms with Gasteiger partial charge in [0, 0.05) is 34.7 Å². The van der Waals surface area contributed by atoms with Crippen LogP contribution < -0.4 is 10.6 Å².